The van der Waals surface area contributed by atoms with Crippen molar-refractivity contribution in [2.45, 2.75) is 19.5 Å². The Morgan fingerprint density at radius 3 is 2.70 bits per heavy atom. The monoisotopic (exact) mass is 274 g/mol. The van der Waals surface area contributed by atoms with Crippen molar-refractivity contribution in [2.24, 2.45) is 5.92 Å². The summed E-state index contributed by atoms with van der Waals surface area (Å²) in [5.41, 5.74) is 1.83. The van der Waals surface area contributed by atoms with Crippen molar-refractivity contribution in [3.63, 3.8) is 0 Å². The lowest BCUT2D eigenvalue weighted by molar-refractivity contribution is -0.145. The average Bonchev–Trinajstić information content (AvgIpc) is 3.01. The number of carbonyl (C=O) groups excluding carboxylic acids is 1. The maximum atomic E-state index is 11.8. The number of ether oxygens (including phenoxy) is 1. The quantitative estimate of drug-likeness (QED) is 0.819. The van der Waals surface area contributed by atoms with Gasteiger partial charge < -0.3 is 14.6 Å². The average molecular weight is 274 g/mol. The van der Waals surface area contributed by atoms with Crippen LogP contribution in [0.4, 0.5) is 0 Å². The minimum absolute atomic E-state index is 0.139. The molecule has 0 aliphatic heterocycles. The summed E-state index contributed by atoms with van der Waals surface area (Å²) in [4.78, 5) is 11.8. The van der Waals surface area contributed by atoms with Crippen molar-refractivity contribution >= 4 is 5.97 Å². The maximum absolute atomic E-state index is 11.8. The molecule has 1 heterocycles. The van der Waals surface area contributed by atoms with E-state index in [-0.39, 0.29) is 17.9 Å². The number of methoxy groups -OCH3 is 1. The third-order valence-corrected chi connectivity index (χ3v) is 3.23. The molecule has 0 spiro atoms. The van der Waals surface area contributed by atoms with Gasteiger partial charge in [0, 0.05) is 18.7 Å². The van der Waals surface area contributed by atoms with Crippen LogP contribution < -0.4 is 5.32 Å². The van der Waals surface area contributed by atoms with Gasteiger partial charge in [-0.05, 0) is 5.56 Å². The van der Waals surface area contributed by atoms with Crippen LogP contribution in [0.15, 0.2) is 47.2 Å². The highest BCUT2D eigenvalue weighted by Crippen LogP contribution is 2.23. The van der Waals surface area contributed by atoms with Gasteiger partial charge in [-0.15, -0.1) is 0 Å². The van der Waals surface area contributed by atoms with Gasteiger partial charge in [0.05, 0.1) is 18.7 Å². The molecule has 1 N–H and O–H groups in total. The molecule has 0 saturated heterocycles. The zero-order valence-electron chi connectivity index (χ0n) is 11.6. The summed E-state index contributed by atoms with van der Waals surface area (Å²) in [5, 5.41) is 7.18. The highest BCUT2D eigenvalue weighted by molar-refractivity contribution is 5.73. The normalized spacial score (nSPS) is 13.7. The minimum Gasteiger partial charge on any atom is -0.469 e. The summed E-state index contributed by atoms with van der Waals surface area (Å²) >= 11 is 0. The van der Waals surface area contributed by atoms with E-state index < -0.39 is 0 Å². The first-order valence-corrected chi connectivity index (χ1v) is 6.47. The molecule has 5 heteroatoms. The molecule has 0 saturated carbocycles. The Hall–Kier alpha value is -2.14. The van der Waals surface area contributed by atoms with E-state index in [9.17, 15) is 4.79 Å². The Balaban J connectivity index is 2.13. The number of nitrogens with zero attached hydrogens (tertiary/aromatic N) is 1. The molecular formula is C15H18N2O3. The van der Waals surface area contributed by atoms with E-state index in [1.54, 1.807) is 6.07 Å². The van der Waals surface area contributed by atoms with E-state index >= 15 is 0 Å². The molecule has 0 amide bonds. The molecule has 2 aromatic rings. The molecule has 0 fully saturated rings. The number of carbonyl (C=O) groups is 1. The fourth-order valence-corrected chi connectivity index (χ4v) is 2.11. The minimum atomic E-state index is -0.297. The Kier molecular flexibility index (Phi) is 4.90. The Bertz CT molecular complexity index is 525. The van der Waals surface area contributed by atoms with Crippen LogP contribution in [-0.2, 0) is 16.1 Å². The first-order valence-electron chi connectivity index (χ1n) is 6.47. The molecule has 2 unspecified atom stereocenters. The molecule has 2 atom stereocenters. The third-order valence-electron chi connectivity index (χ3n) is 3.23. The van der Waals surface area contributed by atoms with Gasteiger partial charge in [0.25, 0.3) is 0 Å². The largest absolute Gasteiger partial charge is 0.469 e. The van der Waals surface area contributed by atoms with Gasteiger partial charge in [-0.1, -0.05) is 42.4 Å². The number of hydrogen-bond acceptors (Lipinski definition) is 5. The Labute approximate surface area is 117 Å². The van der Waals surface area contributed by atoms with Crippen LogP contribution in [0, 0.1) is 5.92 Å². The fraction of sp³-hybridized carbons (Fsp3) is 0.333. The summed E-state index contributed by atoms with van der Waals surface area (Å²) < 4.78 is 9.64. The number of aromatic nitrogens is 1. The molecule has 2 rings (SSSR count). The lowest BCUT2D eigenvalue weighted by Gasteiger charge is -2.23. The topological polar surface area (TPSA) is 64.4 Å². The van der Waals surface area contributed by atoms with E-state index in [4.69, 9.17) is 9.26 Å². The van der Waals surface area contributed by atoms with E-state index in [0.29, 0.717) is 6.54 Å². The summed E-state index contributed by atoms with van der Waals surface area (Å²) in [5.74, 6) is -0.541. The third kappa shape index (κ3) is 3.45. The lowest BCUT2D eigenvalue weighted by atomic mass is 9.94. The molecule has 0 aliphatic rings. The molecule has 1 aromatic heterocycles. The predicted molar refractivity (Wildman–Crippen MR) is 73.7 cm³/mol. The number of nitrogens with one attached hydrogen (secondary N) is 1. The predicted octanol–water partition coefficient (Wildman–Crippen LogP) is 2.31. The number of esters is 1. The zero-order chi connectivity index (χ0) is 14.4. The summed E-state index contributed by atoms with van der Waals surface area (Å²) in [7, 11) is 1.40. The van der Waals surface area contributed by atoms with E-state index in [1.165, 1.54) is 13.4 Å². The van der Waals surface area contributed by atoms with Crippen LogP contribution >= 0.6 is 0 Å². The van der Waals surface area contributed by atoms with E-state index in [1.807, 2.05) is 37.3 Å². The number of rotatable bonds is 6. The number of hydrogen-bond donors (Lipinski definition) is 1. The highest BCUT2D eigenvalue weighted by atomic mass is 16.5. The summed E-state index contributed by atoms with van der Waals surface area (Å²) in [6.45, 7) is 2.37. The summed E-state index contributed by atoms with van der Waals surface area (Å²) in [6.07, 6.45) is 1.53. The van der Waals surface area contributed by atoms with Gasteiger partial charge in [-0.25, -0.2) is 0 Å². The molecule has 0 aliphatic carbocycles. The zero-order valence-corrected chi connectivity index (χ0v) is 11.6. The maximum Gasteiger partial charge on any atom is 0.310 e. The van der Waals surface area contributed by atoms with Gasteiger partial charge in [-0.3, -0.25) is 4.79 Å². The van der Waals surface area contributed by atoms with Crippen molar-refractivity contribution < 1.29 is 14.1 Å². The van der Waals surface area contributed by atoms with Crippen molar-refractivity contribution in [1.82, 2.24) is 10.5 Å². The molecule has 0 radical (unpaired) electrons. The molecule has 106 valence electrons. The van der Waals surface area contributed by atoms with E-state index in [2.05, 4.69) is 10.5 Å². The lowest BCUT2D eigenvalue weighted by Crippen LogP contribution is -2.31. The molecular weight excluding hydrogens is 256 g/mol. The Morgan fingerprint density at radius 2 is 2.10 bits per heavy atom. The van der Waals surface area contributed by atoms with Gasteiger partial charge in [0.1, 0.15) is 6.26 Å². The van der Waals surface area contributed by atoms with Crippen LogP contribution in [0.1, 0.15) is 24.2 Å². The van der Waals surface area contributed by atoms with Gasteiger partial charge in [0.2, 0.25) is 0 Å². The second-order valence-corrected chi connectivity index (χ2v) is 4.57. The number of benzene rings is 1. The first kappa shape index (κ1) is 14.3. The smallest absolute Gasteiger partial charge is 0.310 e. The van der Waals surface area contributed by atoms with Gasteiger partial charge in [-0.2, -0.15) is 0 Å². The SMILES string of the molecule is COC(=O)C(C)C(NCc1ccon1)c1ccccc1. The second kappa shape index (κ2) is 6.86. The van der Waals surface area contributed by atoms with Crippen molar-refractivity contribution in [1.29, 1.82) is 0 Å². The van der Waals surface area contributed by atoms with Gasteiger partial charge >= 0.3 is 5.97 Å². The van der Waals surface area contributed by atoms with Crippen molar-refractivity contribution in [3.05, 3.63) is 53.9 Å². The Morgan fingerprint density at radius 1 is 1.35 bits per heavy atom. The summed E-state index contributed by atoms with van der Waals surface area (Å²) in [6, 6.07) is 11.5. The van der Waals surface area contributed by atoms with Crippen LogP contribution in [0.5, 0.6) is 0 Å². The highest BCUT2D eigenvalue weighted by Gasteiger charge is 2.25. The fourth-order valence-electron chi connectivity index (χ4n) is 2.11. The van der Waals surface area contributed by atoms with Crippen LogP contribution in [0.3, 0.4) is 0 Å². The van der Waals surface area contributed by atoms with Crippen molar-refractivity contribution in [3.8, 4) is 0 Å². The van der Waals surface area contributed by atoms with Crippen LogP contribution in [-0.4, -0.2) is 18.2 Å². The molecule has 5 nitrogen and oxygen atoms in total. The van der Waals surface area contributed by atoms with Crippen LogP contribution in [0.2, 0.25) is 0 Å². The standard InChI is InChI=1S/C15H18N2O3/c1-11(15(18)19-2)14(12-6-4-3-5-7-12)16-10-13-8-9-20-17-13/h3-9,11,14,16H,10H2,1-2H3. The molecule has 20 heavy (non-hydrogen) atoms. The molecule has 1 aromatic carbocycles. The van der Waals surface area contributed by atoms with Gasteiger partial charge in [0.15, 0.2) is 0 Å². The molecule has 0 bridgehead atoms. The second-order valence-electron chi connectivity index (χ2n) is 4.57. The van der Waals surface area contributed by atoms with E-state index in [0.717, 1.165) is 11.3 Å². The van der Waals surface area contributed by atoms with Crippen LogP contribution in [0.25, 0.3) is 0 Å². The van der Waals surface area contributed by atoms with Crippen molar-refractivity contribution in [2.75, 3.05) is 7.11 Å². The first-order chi connectivity index (χ1) is 9.72.